The van der Waals surface area contributed by atoms with Crippen LogP contribution in [-0.2, 0) is 14.8 Å². The molecule has 1 heterocycles. The first-order valence-electron chi connectivity index (χ1n) is 7.62. The molecule has 1 saturated heterocycles. The molecule has 1 fully saturated rings. The predicted molar refractivity (Wildman–Crippen MR) is 95.5 cm³/mol. The lowest BCUT2D eigenvalue weighted by Crippen LogP contribution is -2.40. The van der Waals surface area contributed by atoms with E-state index in [0.717, 1.165) is 16.8 Å². The molecule has 2 unspecified atom stereocenters. The molecule has 3 N–H and O–H groups in total. The molecule has 1 amide bonds. The molecule has 136 valence electrons. The average Bonchev–Trinajstić information content (AvgIpc) is 2.86. The largest absolute Gasteiger partial charge is 0.325 e. The highest BCUT2D eigenvalue weighted by molar-refractivity contribution is 7.93. The van der Waals surface area contributed by atoms with Gasteiger partial charge in [-0.25, -0.2) is 12.8 Å². The van der Waals surface area contributed by atoms with Gasteiger partial charge >= 0.3 is 0 Å². The van der Waals surface area contributed by atoms with Crippen molar-refractivity contribution in [1.29, 1.82) is 0 Å². The van der Waals surface area contributed by atoms with Gasteiger partial charge in [-0.15, -0.1) is 12.4 Å². The van der Waals surface area contributed by atoms with Crippen LogP contribution in [0.2, 0.25) is 0 Å². The number of hydrogen-bond acceptors (Lipinski definition) is 4. The molecule has 0 saturated carbocycles. The van der Waals surface area contributed by atoms with Crippen LogP contribution in [0, 0.1) is 11.7 Å². The Kier molecular flexibility index (Phi) is 7.00. The van der Waals surface area contributed by atoms with Gasteiger partial charge in [-0.05, 0) is 30.5 Å². The third-order valence-corrected chi connectivity index (χ3v) is 6.00. The minimum absolute atomic E-state index is 0. The smallest absolute Gasteiger partial charge is 0.241 e. The van der Waals surface area contributed by atoms with Crippen LogP contribution in [0.25, 0.3) is 0 Å². The van der Waals surface area contributed by atoms with E-state index in [4.69, 9.17) is 5.73 Å². The summed E-state index contributed by atoms with van der Waals surface area (Å²) < 4.78 is 38.9. The van der Waals surface area contributed by atoms with Crippen LogP contribution in [-0.4, -0.2) is 32.7 Å². The Morgan fingerprint density at radius 1 is 1.46 bits per heavy atom. The monoisotopic (exact) mass is 379 g/mol. The zero-order valence-corrected chi connectivity index (χ0v) is 15.3. The van der Waals surface area contributed by atoms with Crippen LogP contribution in [0.3, 0.4) is 0 Å². The van der Waals surface area contributed by atoms with Crippen LogP contribution in [0.4, 0.5) is 15.8 Å². The summed E-state index contributed by atoms with van der Waals surface area (Å²) in [5.41, 5.74) is 6.14. The van der Waals surface area contributed by atoms with E-state index in [1.165, 1.54) is 12.1 Å². The van der Waals surface area contributed by atoms with E-state index in [1.807, 2.05) is 13.8 Å². The molecular weight excluding hydrogens is 357 g/mol. The molecule has 2 atom stereocenters. The number of nitrogens with two attached hydrogens (primary N) is 1. The van der Waals surface area contributed by atoms with Gasteiger partial charge in [0, 0.05) is 12.2 Å². The fraction of sp³-hybridized carbons (Fsp3) is 0.533. The number of nitrogens with zero attached hydrogens (tertiary/aromatic N) is 1. The fourth-order valence-corrected chi connectivity index (χ4v) is 3.99. The zero-order valence-electron chi connectivity index (χ0n) is 13.7. The van der Waals surface area contributed by atoms with E-state index in [0.29, 0.717) is 12.1 Å². The van der Waals surface area contributed by atoms with Crippen molar-refractivity contribution < 1.29 is 17.6 Å². The number of rotatable bonds is 5. The molecular formula is C15H23ClFN3O3S. The zero-order chi connectivity index (χ0) is 17.2. The molecule has 0 aromatic heterocycles. The van der Waals surface area contributed by atoms with Crippen LogP contribution in [0.15, 0.2) is 18.2 Å². The van der Waals surface area contributed by atoms with E-state index in [1.54, 1.807) is 0 Å². The van der Waals surface area contributed by atoms with Crippen LogP contribution < -0.4 is 15.4 Å². The molecule has 0 aliphatic carbocycles. The number of halogens is 2. The molecule has 0 radical (unpaired) electrons. The summed E-state index contributed by atoms with van der Waals surface area (Å²) in [5, 5.41) is 2.62. The van der Waals surface area contributed by atoms with E-state index >= 15 is 0 Å². The highest BCUT2D eigenvalue weighted by Gasteiger charge is 2.30. The maximum atomic E-state index is 14.0. The maximum absolute atomic E-state index is 14.0. The Hall–Kier alpha value is -1.38. The number of carbonyl (C=O) groups excluding carboxylic acids is 1. The van der Waals surface area contributed by atoms with Crippen molar-refractivity contribution in [2.24, 2.45) is 11.7 Å². The van der Waals surface area contributed by atoms with Gasteiger partial charge < -0.3 is 11.1 Å². The van der Waals surface area contributed by atoms with Crippen molar-refractivity contribution in [3.8, 4) is 0 Å². The number of anilines is 2. The molecule has 1 aliphatic heterocycles. The standard InChI is InChI=1S/C15H22FN3O3S.ClH/c1-3-10(2)14(17)15(20)18-11-5-6-12(16)13(9-11)19-7-4-8-23(19,21)22;/h5-6,9-10,14H,3-4,7-8,17H2,1-2H3,(H,18,20);1H. The number of carbonyl (C=O) groups is 1. The van der Waals surface area contributed by atoms with Gasteiger partial charge in [-0.1, -0.05) is 20.3 Å². The third-order valence-electron chi connectivity index (χ3n) is 4.14. The summed E-state index contributed by atoms with van der Waals surface area (Å²) in [6.07, 6.45) is 1.21. The lowest BCUT2D eigenvalue weighted by molar-refractivity contribution is -0.118. The van der Waals surface area contributed by atoms with E-state index in [9.17, 15) is 17.6 Å². The molecule has 2 rings (SSSR count). The first-order valence-corrected chi connectivity index (χ1v) is 9.23. The minimum Gasteiger partial charge on any atom is -0.325 e. The van der Waals surface area contributed by atoms with Gasteiger partial charge in [0.2, 0.25) is 15.9 Å². The van der Waals surface area contributed by atoms with Gasteiger partial charge in [0.05, 0.1) is 17.5 Å². The summed E-state index contributed by atoms with van der Waals surface area (Å²) >= 11 is 0. The number of nitrogens with one attached hydrogen (secondary N) is 1. The predicted octanol–water partition coefficient (Wildman–Crippen LogP) is 2.10. The highest BCUT2D eigenvalue weighted by atomic mass is 35.5. The summed E-state index contributed by atoms with van der Waals surface area (Å²) in [4.78, 5) is 12.1. The lowest BCUT2D eigenvalue weighted by atomic mass is 9.99. The second-order valence-electron chi connectivity index (χ2n) is 5.81. The molecule has 1 aromatic carbocycles. The first-order chi connectivity index (χ1) is 10.8. The molecule has 1 aromatic rings. The molecule has 9 heteroatoms. The molecule has 6 nitrogen and oxygen atoms in total. The van der Waals surface area contributed by atoms with Gasteiger partial charge in [0.1, 0.15) is 5.82 Å². The van der Waals surface area contributed by atoms with Gasteiger partial charge in [0.25, 0.3) is 0 Å². The van der Waals surface area contributed by atoms with E-state index in [-0.39, 0.29) is 42.2 Å². The molecule has 0 spiro atoms. The summed E-state index contributed by atoms with van der Waals surface area (Å²) in [7, 11) is -3.49. The molecule has 24 heavy (non-hydrogen) atoms. The number of benzene rings is 1. The second-order valence-corrected chi connectivity index (χ2v) is 7.82. The normalized spacial score (nSPS) is 18.6. The van der Waals surface area contributed by atoms with Crippen molar-refractivity contribution in [3.63, 3.8) is 0 Å². The fourth-order valence-electron chi connectivity index (χ4n) is 2.43. The second kappa shape index (κ2) is 8.13. The van der Waals surface area contributed by atoms with Crippen molar-refractivity contribution >= 4 is 39.7 Å². The van der Waals surface area contributed by atoms with Gasteiger partial charge in [-0.3, -0.25) is 9.10 Å². The minimum atomic E-state index is -3.49. The van der Waals surface area contributed by atoms with Crippen LogP contribution in [0.5, 0.6) is 0 Å². The maximum Gasteiger partial charge on any atom is 0.241 e. The van der Waals surface area contributed by atoms with Crippen molar-refractivity contribution in [1.82, 2.24) is 0 Å². The number of sulfonamides is 1. The van der Waals surface area contributed by atoms with Crippen molar-refractivity contribution in [3.05, 3.63) is 24.0 Å². The Morgan fingerprint density at radius 2 is 2.12 bits per heavy atom. The number of hydrogen-bond donors (Lipinski definition) is 2. The quantitative estimate of drug-likeness (QED) is 0.819. The highest BCUT2D eigenvalue weighted by Crippen LogP contribution is 2.29. The van der Waals surface area contributed by atoms with Crippen LogP contribution >= 0.6 is 12.4 Å². The number of amides is 1. The average molecular weight is 380 g/mol. The first kappa shape index (κ1) is 20.7. The van der Waals surface area contributed by atoms with E-state index in [2.05, 4.69) is 5.32 Å². The Balaban J connectivity index is 0.00000288. The lowest BCUT2D eigenvalue weighted by Gasteiger charge is -2.20. The van der Waals surface area contributed by atoms with Crippen molar-refractivity contribution in [2.45, 2.75) is 32.7 Å². The summed E-state index contributed by atoms with van der Waals surface area (Å²) in [6.45, 7) is 4.05. The topological polar surface area (TPSA) is 92.5 Å². The summed E-state index contributed by atoms with van der Waals surface area (Å²) in [5.74, 6) is -1.00. The van der Waals surface area contributed by atoms with Crippen LogP contribution in [0.1, 0.15) is 26.7 Å². The van der Waals surface area contributed by atoms with Crippen molar-refractivity contribution in [2.75, 3.05) is 21.9 Å². The Labute approximate surface area is 148 Å². The van der Waals surface area contributed by atoms with Gasteiger partial charge in [0.15, 0.2) is 0 Å². The molecule has 1 aliphatic rings. The third kappa shape index (κ3) is 4.37. The van der Waals surface area contributed by atoms with E-state index < -0.39 is 21.9 Å². The Morgan fingerprint density at radius 3 is 2.67 bits per heavy atom. The Bertz CT molecular complexity index is 699. The summed E-state index contributed by atoms with van der Waals surface area (Å²) in [6, 6.07) is 3.19. The molecule has 0 bridgehead atoms. The SMILES string of the molecule is CCC(C)C(N)C(=O)Nc1ccc(F)c(N2CCCS2(=O)=O)c1.Cl. The van der Waals surface area contributed by atoms with Gasteiger partial charge in [-0.2, -0.15) is 0 Å².